The molecule has 1 aromatic rings. The maximum absolute atomic E-state index is 11.7. The Kier molecular flexibility index (Phi) is 5.98. The van der Waals surface area contributed by atoms with Crippen LogP contribution in [0.4, 0.5) is 0 Å². The second-order valence-corrected chi connectivity index (χ2v) is 4.60. The number of hydrogen-bond acceptors (Lipinski definition) is 5. The van der Waals surface area contributed by atoms with Gasteiger partial charge in [-0.05, 0) is 18.2 Å². The van der Waals surface area contributed by atoms with Gasteiger partial charge in [0, 0.05) is 19.1 Å². The Balaban J connectivity index is 2.58. The molecule has 0 heterocycles. The SMILES string of the molecule is CNC(=O)CN(C)C(=O)COC(=O)c1cc(Cl)ccc1O. The molecule has 0 aliphatic rings. The lowest BCUT2D eigenvalue weighted by molar-refractivity contribution is -0.137. The van der Waals surface area contributed by atoms with Crippen molar-refractivity contribution in [3.05, 3.63) is 28.8 Å². The highest BCUT2D eigenvalue weighted by molar-refractivity contribution is 6.31. The Morgan fingerprint density at radius 3 is 2.67 bits per heavy atom. The molecule has 2 N–H and O–H groups in total. The van der Waals surface area contributed by atoms with Gasteiger partial charge in [-0.3, -0.25) is 9.59 Å². The number of halogens is 1. The van der Waals surface area contributed by atoms with E-state index in [2.05, 4.69) is 5.32 Å². The summed E-state index contributed by atoms with van der Waals surface area (Å²) in [5, 5.41) is 12.1. The average molecular weight is 315 g/mol. The zero-order chi connectivity index (χ0) is 16.0. The van der Waals surface area contributed by atoms with Gasteiger partial charge in [-0.2, -0.15) is 0 Å². The van der Waals surface area contributed by atoms with Crippen LogP contribution < -0.4 is 5.32 Å². The van der Waals surface area contributed by atoms with E-state index in [1.165, 1.54) is 32.3 Å². The van der Waals surface area contributed by atoms with E-state index in [1.807, 2.05) is 0 Å². The molecule has 0 aliphatic heterocycles. The maximum Gasteiger partial charge on any atom is 0.342 e. The highest BCUT2D eigenvalue weighted by Gasteiger charge is 2.17. The van der Waals surface area contributed by atoms with Crippen LogP contribution >= 0.6 is 11.6 Å². The molecule has 21 heavy (non-hydrogen) atoms. The van der Waals surface area contributed by atoms with Crippen LogP contribution in [0.3, 0.4) is 0 Å². The topological polar surface area (TPSA) is 95.9 Å². The van der Waals surface area contributed by atoms with E-state index in [-0.39, 0.29) is 28.8 Å². The van der Waals surface area contributed by atoms with Gasteiger partial charge >= 0.3 is 5.97 Å². The molecule has 0 spiro atoms. The van der Waals surface area contributed by atoms with Gasteiger partial charge in [0.2, 0.25) is 5.91 Å². The van der Waals surface area contributed by atoms with Crippen molar-refractivity contribution in [2.24, 2.45) is 0 Å². The number of likely N-dealkylation sites (N-methyl/N-ethyl adjacent to an activating group) is 2. The van der Waals surface area contributed by atoms with E-state index in [1.54, 1.807) is 0 Å². The zero-order valence-corrected chi connectivity index (χ0v) is 12.3. The normalized spacial score (nSPS) is 9.86. The van der Waals surface area contributed by atoms with Gasteiger partial charge in [-0.15, -0.1) is 0 Å². The molecule has 0 bridgehead atoms. The molecule has 0 radical (unpaired) electrons. The van der Waals surface area contributed by atoms with Crippen LogP contribution in [0.5, 0.6) is 5.75 Å². The molecule has 1 rings (SSSR count). The number of phenols is 1. The molecular weight excluding hydrogens is 300 g/mol. The number of hydrogen-bond donors (Lipinski definition) is 2. The van der Waals surface area contributed by atoms with Crippen LogP contribution in [-0.4, -0.2) is 55.0 Å². The van der Waals surface area contributed by atoms with E-state index in [9.17, 15) is 19.5 Å². The van der Waals surface area contributed by atoms with Crippen LogP contribution in [0.1, 0.15) is 10.4 Å². The molecule has 7 nitrogen and oxygen atoms in total. The van der Waals surface area contributed by atoms with Crippen LogP contribution in [0.2, 0.25) is 5.02 Å². The second-order valence-electron chi connectivity index (χ2n) is 4.16. The molecule has 114 valence electrons. The maximum atomic E-state index is 11.7. The monoisotopic (exact) mass is 314 g/mol. The van der Waals surface area contributed by atoms with Gasteiger partial charge in [0.05, 0.1) is 6.54 Å². The number of aromatic hydroxyl groups is 1. The number of esters is 1. The summed E-state index contributed by atoms with van der Waals surface area (Å²) in [6.45, 7) is -0.687. The molecule has 0 atom stereocenters. The Morgan fingerprint density at radius 1 is 1.38 bits per heavy atom. The fraction of sp³-hybridized carbons (Fsp3) is 0.308. The lowest BCUT2D eigenvalue weighted by Gasteiger charge is -2.16. The van der Waals surface area contributed by atoms with Crippen molar-refractivity contribution < 1.29 is 24.2 Å². The van der Waals surface area contributed by atoms with Crippen molar-refractivity contribution in [2.45, 2.75) is 0 Å². The van der Waals surface area contributed by atoms with E-state index >= 15 is 0 Å². The second kappa shape index (κ2) is 7.49. The van der Waals surface area contributed by atoms with Gasteiger partial charge in [0.15, 0.2) is 6.61 Å². The third-order valence-electron chi connectivity index (χ3n) is 2.59. The van der Waals surface area contributed by atoms with Crippen molar-refractivity contribution in [1.82, 2.24) is 10.2 Å². The highest BCUT2D eigenvalue weighted by atomic mass is 35.5. The molecule has 0 aliphatic carbocycles. The lowest BCUT2D eigenvalue weighted by Crippen LogP contribution is -2.39. The summed E-state index contributed by atoms with van der Waals surface area (Å²) in [7, 11) is 2.85. The molecule has 8 heteroatoms. The number of ether oxygens (including phenoxy) is 1. The predicted octanol–water partition coefficient (Wildman–Crippen LogP) is 0.407. The van der Waals surface area contributed by atoms with E-state index < -0.39 is 18.5 Å². The molecular formula is C13H15ClN2O5. The minimum atomic E-state index is -0.878. The third-order valence-corrected chi connectivity index (χ3v) is 2.83. The Morgan fingerprint density at radius 2 is 2.05 bits per heavy atom. The van der Waals surface area contributed by atoms with Gasteiger partial charge in [-0.1, -0.05) is 11.6 Å². The van der Waals surface area contributed by atoms with Crippen LogP contribution in [-0.2, 0) is 14.3 Å². The summed E-state index contributed by atoms with van der Waals surface area (Å²) < 4.78 is 4.78. The lowest BCUT2D eigenvalue weighted by atomic mass is 10.2. The number of rotatable bonds is 5. The van der Waals surface area contributed by atoms with E-state index in [0.29, 0.717) is 0 Å². The molecule has 0 unspecified atom stereocenters. The number of carbonyl (C=O) groups is 3. The number of carbonyl (C=O) groups excluding carboxylic acids is 3. The summed E-state index contributed by atoms with van der Waals surface area (Å²) in [5.74, 6) is -2.06. The first kappa shape index (κ1) is 16.8. The third kappa shape index (κ3) is 4.96. The summed E-state index contributed by atoms with van der Waals surface area (Å²) >= 11 is 5.71. The van der Waals surface area contributed by atoms with Crippen molar-refractivity contribution in [3.63, 3.8) is 0 Å². The molecule has 0 saturated heterocycles. The van der Waals surface area contributed by atoms with Crippen LogP contribution in [0.25, 0.3) is 0 Å². The fourth-order valence-electron chi connectivity index (χ4n) is 1.37. The van der Waals surface area contributed by atoms with Gasteiger partial charge in [0.25, 0.3) is 5.91 Å². The Hall–Kier alpha value is -2.28. The molecule has 0 saturated carbocycles. The first-order valence-corrected chi connectivity index (χ1v) is 6.33. The number of phenolic OH excluding ortho intramolecular Hbond substituents is 1. The zero-order valence-electron chi connectivity index (χ0n) is 11.6. The van der Waals surface area contributed by atoms with Crippen molar-refractivity contribution in [2.75, 3.05) is 27.2 Å². The van der Waals surface area contributed by atoms with Crippen molar-refractivity contribution >= 4 is 29.4 Å². The van der Waals surface area contributed by atoms with E-state index in [0.717, 1.165) is 4.90 Å². The van der Waals surface area contributed by atoms with E-state index in [4.69, 9.17) is 16.3 Å². The van der Waals surface area contributed by atoms with Crippen LogP contribution in [0.15, 0.2) is 18.2 Å². The molecule has 2 amide bonds. The summed E-state index contributed by atoms with van der Waals surface area (Å²) in [6.07, 6.45) is 0. The summed E-state index contributed by atoms with van der Waals surface area (Å²) in [5.41, 5.74) is -0.135. The first-order chi connectivity index (χ1) is 9.85. The molecule has 0 aromatic heterocycles. The first-order valence-electron chi connectivity index (χ1n) is 5.95. The predicted molar refractivity (Wildman–Crippen MR) is 75.1 cm³/mol. The number of nitrogens with zero attached hydrogens (tertiary/aromatic N) is 1. The van der Waals surface area contributed by atoms with Crippen molar-refractivity contribution in [3.8, 4) is 5.75 Å². The van der Waals surface area contributed by atoms with Gasteiger partial charge < -0.3 is 20.1 Å². The molecule has 1 aromatic carbocycles. The Labute approximate surface area is 126 Å². The Bertz CT molecular complexity index is 561. The highest BCUT2D eigenvalue weighted by Crippen LogP contribution is 2.22. The summed E-state index contributed by atoms with van der Waals surface area (Å²) in [4.78, 5) is 35.6. The van der Waals surface area contributed by atoms with Gasteiger partial charge in [-0.25, -0.2) is 4.79 Å². The quantitative estimate of drug-likeness (QED) is 0.767. The largest absolute Gasteiger partial charge is 0.507 e. The smallest absolute Gasteiger partial charge is 0.342 e. The fourth-order valence-corrected chi connectivity index (χ4v) is 1.54. The summed E-state index contributed by atoms with van der Waals surface area (Å²) in [6, 6.07) is 3.90. The average Bonchev–Trinajstić information content (AvgIpc) is 2.46. The standard InChI is InChI=1S/C13H15ClN2O5/c1-15-11(18)6-16(2)12(19)7-21-13(20)9-5-8(14)3-4-10(9)17/h3-5,17H,6-7H2,1-2H3,(H,15,18). The van der Waals surface area contributed by atoms with Crippen LogP contribution in [0, 0.1) is 0 Å². The van der Waals surface area contributed by atoms with Gasteiger partial charge in [0.1, 0.15) is 11.3 Å². The van der Waals surface area contributed by atoms with Crippen molar-refractivity contribution in [1.29, 1.82) is 0 Å². The minimum Gasteiger partial charge on any atom is -0.507 e. The minimum absolute atomic E-state index is 0.135. The molecule has 0 fully saturated rings. The number of benzene rings is 1. The number of nitrogens with one attached hydrogen (secondary N) is 1. The number of amides is 2.